The van der Waals surface area contributed by atoms with Crippen LogP contribution in [0.1, 0.15) is 162 Å². The second kappa shape index (κ2) is 33.4. The monoisotopic (exact) mass is 1350 g/mol. The van der Waals surface area contributed by atoms with Gasteiger partial charge in [0, 0.05) is 33.1 Å². The van der Waals surface area contributed by atoms with Crippen LogP contribution in [0.4, 0.5) is 0 Å². The first-order valence-corrected chi connectivity index (χ1v) is 38.8. The first kappa shape index (κ1) is 68.7. The summed E-state index contributed by atoms with van der Waals surface area (Å²) in [6.45, 7) is 16.7. The molecule has 0 radical (unpaired) electrons. The number of aryl methyl sites for hydroxylation is 4. The van der Waals surface area contributed by atoms with Crippen molar-refractivity contribution < 1.29 is 0 Å². The van der Waals surface area contributed by atoms with E-state index in [1.165, 1.54) is 229 Å². The number of benzene rings is 8. The summed E-state index contributed by atoms with van der Waals surface area (Å²) in [5.74, 6) is 0. The molecular weight excluding hydrogens is 1270 g/mol. The molecule has 0 N–H and O–H groups in total. The largest absolute Gasteiger partial charge is 0.278 e. The summed E-state index contributed by atoms with van der Waals surface area (Å²) in [5.41, 5.74) is 17.7. The van der Waals surface area contributed by atoms with Crippen LogP contribution in [0.2, 0.25) is 0 Å². The third-order valence-corrected chi connectivity index (χ3v) is 23.4. The summed E-state index contributed by atoms with van der Waals surface area (Å²) in [5, 5.41) is 36.4. The Morgan fingerprint density at radius 2 is 0.684 bits per heavy atom. The van der Waals surface area contributed by atoms with E-state index >= 15 is 0 Å². The number of nitriles is 3. The van der Waals surface area contributed by atoms with Crippen LogP contribution in [-0.2, 0) is 25.7 Å². The molecule has 0 aliphatic rings. The van der Waals surface area contributed by atoms with Crippen molar-refractivity contribution in [2.45, 2.75) is 156 Å². The minimum atomic E-state index is 0.122. The molecule has 0 atom stereocenters. The average molecular weight is 1350 g/mol. The SMILES string of the molecule is [C-]#[N+]/C(C#N)=c1\cc/c(=C/c2ccc(-c3ccc4c(-c5ccc(CCCCCC)cc5)c5c(-c6ccc(CCCCCC)cc6)c6cc(-c7ccc(/C=c8/ccc(=C(C#N)C#N)s8)s7)ccc6c(-c6ccc(CCCCCC)cc6)c5c(-c5ccc(CCCCCC)cc5)c4c3)s2)s1. The van der Waals surface area contributed by atoms with Gasteiger partial charge in [-0.1, -0.05) is 232 Å². The first-order valence-electron chi connectivity index (χ1n) is 35.6. The fourth-order valence-electron chi connectivity index (χ4n) is 14.0. The van der Waals surface area contributed by atoms with Crippen LogP contribution in [0, 0.1) is 40.6 Å². The molecule has 12 aromatic rings. The van der Waals surface area contributed by atoms with Gasteiger partial charge in [0.2, 0.25) is 0 Å². The van der Waals surface area contributed by atoms with Gasteiger partial charge in [0.25, 0.3) is 5.70 Å². The maximum Gasteiger partial charge on any atom is 0.278 e. The Bertz CT molecular complexity index is 4880. The van der Waals surface area contributed by atoms with Gasteiger partial charge in [-0.15, -0.1) is 45.3 Å². The molecule has 488 valence electrons. The lowest BCUT2D eigenvalue weighted by Gasteiger charge is -2.26. The lowest BCUT2D eigenvalue weighted by Crippen LogP contribution is -1.99. The average Bonchev–Trinajstić information content (AvgIpc) is 0.791. The van der Waals surface area contributed by atoms with Crippen molar-refractivity contribution in [2.75, 3.05) is 0 Å². The number of thiophene rings is 4. The van der Waals surface area contributed by atoms with E-state index in [0.717, 1.165) is 60.5 Å². The number of hydrogen-bond acceptors (Lipinski definition) is 7. The number of nitrogens with zero attached hydrogens (tertiary/aromatic N) is 4. The Balaban J connectivity index is 1.20. The van der Waals surface area contributed by atoms with Crippen LogP contribution in [0.5, 0.6) is 0 Å². The predicted octanol–water partition coefficient (Wildman–Crippen LogP) is 24.3. The highest BCUT2D eigenvalue weighted by atomic mass is 32.1. The number of hydrogen-bond donors (Lipinski definition) is 0. The molecule has 8 heteroatoms. The van der Waals surface area contributed by atoms with E-state index < -0.39 is 0 Å². The molecular formula is C90H84N4S4. The van der Waals surface area contributed by atoms with Crippen LogP contribution >= 0.6 is 45.3 Å². The zero-order valence-electron chi connectivity index (χ0n) is 57.0. The zero-order valence-corrected chi connectivity index (χ0v) is 60.3. The minimum absolute atomic E-state index is 0.122. The fourth-order valence-corrected chi connectivity index (χ4v) is 17.8. The standard InChI is InChI=1S/C90H84N4S4/c1-6-10-14-18-22-61-26-34-65(35-27-61)85-76-48-42-69(81-50-44-72(95-81)56-74-46-52-83(97-74)71(58-91)59-92)54-78(76)87(67-38-30-63(31-39-67)24-20-16-12-8-3)89-86(66-36-28-62(29-37-66)23-19-15-11-7-2)77-49-43-70(82-51-45-73(96-82)57-75-47-53-84(98-75)80(60-93)94-5)55-79(77)88(90(85)89)68-40-32-64(33-41-68)25-21-17-13-9-4/h26-57H,6-25H2,1-4H3/b74-56-,75-57-,84-80+. The van der Waals surface area contributed by atoms with Gasteiger partial charge >= 0.3 is 0 Å². The van der Waals surface area contributed by atoms with Gasteiger partial charge < -0.3 is 0 Å². The second-order valence-electron chi connectivity index (χ2n) is 26.1. The molecule has 0 bridgehead atoms. The zero-order chi connectivity index (χ0) is 67.7. The normalized spacial score (nSPS) is 12.1. The van der Waals surface area contributed by atoms with Gasteiger partial charge in [-0.05, 0) is 228 Å². The van der Waals surface area contributed by atoms with Crippen LogP contribution in [-0.4, -0.2) is 0 Å². The van der Waals surface area contributed by atoms with Gasteiger partial charge in [0.15, 0.2) is 0 Å². The molecule has 0 aliphatic carbocycles. The number of unbranched alkanes of at least 4 members (excludes halogenated alkanes) is 12. The Labute approximate surface area is 595 Å². The third-order valence-electron chi connectivity index (χ3n) is 19.2. The summed E-state index contributed by atoms with van der Waals surface area (Å²) < 4.78 is 3.38. The van der Waals surface area contributed by atoms with Gasteiger partial charge in [-0.25, -0.2) is 10.1 Å². The summed E-state index contributed by atoms with van der Waals surface area (Å²) >= 11 is 6.49. The molecule has 0 aliphatic heterocycles. The lowest BCUT2D eigenvalue weighted by molar-refractivity contribution is 0.667. The lowest BCUT2D eigenvalue weighted by atomic mass is 9.77. The predicted molar refractivity (Wildman–Crippen MR) is 423 cm³/mol. The Morgan fingerprint density at radius 1 is 0.347 bits per heavy atom. The molecule has 4 nitrogen and oxygen atoms in total. The van der Waals surface area contributed by atoms with Crippen molar-refractivity contribution >= 4 is 101 Å². The molecule has 0 fully saturated rings. The number of rotatable bonds is 28. The quantitative estimate of drug-likeness (QED) is 0.0279. The number of fused-ring (bicyclic) bond motifs is 3. The van der Waals surface area contributed by atoms with Crippen LogP contribution < -0.4 is 18.1 Å². The van der Waals surface area contributed by atoms with Crippen molar-refractivity contribution in [1.29, 1.82) is 15.8 Å². The van der Waals surface area contributed by atoms with E-state index in [0.29, 0.717) is 9.06 Å². The minimum Gasteiger partial charge on any atom is -0.225 e. The summed E-state index contributed by atoms with van der Waals surface area (Å²) in [7, 11) is 0. The van der Waals surface area contributed by atoms with E-state index in [2.05, 4.69) is 221 Å². The molecule has 8 aromatic carbocycles. The summed E-state index contributed by atoms with van der Waals surface area (Å²) in [6.07, 6.45) is 28.0. The van der Waals surface area contributed by atoms with Crippen molar-refractivity contribution in [3.05, 3.63) is 244 Å². The molecule has 12 rings (SSSR count). The molecule has 0 spiro atoms. The molecule has 98 heavy (non-hydrogen) atoms. The van der Waals surface area contributed by atoms with E-state index in [1.807, 2.05) is 24.3 Å². The smallest absolute Gasteiger partial charge is 0.225 e. The van der Waals surface area contributed by atoms with Crippen molar-refractivity contribution in [1.82, 2.24) is 0 Å². The molecule has 0 unspecified atom stereocenters. The highest BCUT2D eigenvalue weighted by Crippen LogP contribution is 2.55. The van der Waals surface area contributed by atoms with Crippen LogP contribution in [0.3, 0.4) is 0 Å². The molecule has 0 amide bonds. The van der Waals surface area contributed by atoms with Crippen molar-refractivity contribution in [3.8, 4) is 83.6 Å². The van der Waals surface area contributed by atoms with Gasteiger partial charge in [-0.3, -0.25) is 0 Å². The van der Waals surface area contributed by atoms with Gasteiger partial charge in [-0.2, -0.15) is 10.5 Å². The maximum absolute atomic E-state index is 9.70. The Hall–Kier alpha value is -9.22. The topological polar surface area (TPSA) is 75.7 Å². The van der Waals surface area contributed by atoms with Gasteiger partial charge in [0.1, 0.15) is 17.7 Å². The highest BCUT2D eigenvalue weighted by Gasteiger charge is 2.28. The van der Waals surface area contributed by atoms with E-state index in [9.17, 15) is 15.8 Å². The maximum atomic E-state index is 9.70. The second-order valence-corrected chi connectivity index (χ2v) is 30.5. The molecule has 0 saturated heterocycles. The van der Waals surface area contributed by atoms with Crippen molar-refractivity contribution in [3.63, 3.8) is 0 Å². The fraction of sp³-hybridized carbons (Fsp3) is 0.267. The van der Waals surface area contributed by atoms with E-state index in [-0.39, 0.29) is 11.3 Å². The van der Waals surface area contributed by atoms with E-state index in [1.54, 1.807) is 22.7 Å². The summed E-state index contributed by atoms with van der Waals surface area (Å²) in [4.78, 5) is 8.04. The third kappa shape index (κ3) is 15.8. The van der Waals surface area contributed by atoms with Gasteiger partial charge in [0.05, 0.1) is 17.2 Å². The molecule has 0 saturated carbocycles. The first-order chi connectivity index (χ1) is 48.2. The van der Waals surface area contributed by atoms with Crippen molar-refractivity contribution in [2.24, 2.45) is 0 Å². The Morgan fingerprint density at radius 3 is 1.02 bits per heavy atom. The Kier molecular flexibility index (Phi) is 23.4. The van der Waals surface area contributed by atoms with E-state index in [4.69, 9.17) is 6.57 Å². The molecule has 4 aromatic heterocycles. The molecule has 4 heterocycles. The highest BCUT2D eigenvalue weighted by molar-refractivity contribution is 7.17. The summed E-state index contributed by atoms with van der Waals surface area (Å²) in [6, 6.07) is 76.1. The van der Waals surface area contributed by atoms with Crippen LogP contribution in [0.15, 0.2) is 182 Å². The van der Waals surface area contributed by atoms with Crippen LogP contribution in [0.25, 0.3) is 126 Å².